The van der Waals surface area contributed by atoms with E-state index in [9.17, 15) is 0 Å². The lowest BCUT2D eigenvalue weighted by molar-refractivity contribution is 0.471. The minimum absolute atomic E-state index is 0.155. The van der Waals surface area contributed by atoms with E-state index in [0.717, 1.165) is 10.2 Å². The standard InChI is InChI=1S/C18H20BrClN2S/c1-11(2)17(14-7-5-4-6-12(14)3)22-18(23)21-13-8-9-15(19)16(20)10-13/h4-11,17H,1-3H3,(H2,21,22,23)/t17-/m0/s1. The molecule has 2 aromatic rings. The average Bonchev–Trinajstić information content (AvgIpc) is 2.49. The van der Waals surface area contributed by atoms with E-state index in [1.54, 1.807) is 0 Å². The maximum absolute atomic E-state index is 6.12. The Kier molecular flexibility index (Phi) is 6.45. The van der Waals surface area contributed by atoms with Gasteiger partial charge in [-0.15, -0.1) is 0 Å². The normalized spacial score (nSPS) is 12.1. The number of halogens is 2. The van der Waals surface area contributed by atoms with Crippen molar-refractivity contribution in [3.8, 4) is 0 Å². The highest BCUT2D eigenvalue weighted by molar-refractivity contribution is 9.10. The quantitative estimate of drug-likeness (QED) is 0.595. The van der Waals surface area contributed by atoms with Gasteiger partial charge in [0.15, 0.2) is 5.11 Å². The van der Waals surface area contributed by atoms with Crippen LogP contribution in [0.15, 0.2) is 46.9 Å². The van der Waals surface area contributed by atoms with Gasteiger partial charge in [-0.1, -0.05) is 49.7 Å². The number of thiocarbonyl (C=S) groups is 1. The van der Waals surface area contributed by atoms with Crippen LogP contribution >= 0.6 is 39.7 Å². The molecule has 2 N–H and O–H groups in total. The van der Waals surface area contributed by atoms with Crippen LogP contribution < -0.4 is 10.6 Å². The van der Waals surface area contributed by atoms with E-state index >= 15 is 0 Å². The van der Waals surface area contributed by atoms with Crippen molar-refractivity contribution in [2.75, 3.05) is 5.32 Å². The molecule has 2 rings (SSSR count). The van der Waals surface area contributed by atoms with Crippen LogP contribution in [-0.2, 0) is 0 Å². The molecule has 0 heterocycles. The highest BCUT2D eigenvalue weighted by Gasteiger charge is 2.18. The first kappa shape index (κ1) is 18.2. The Morgan fingerprint density at radius 2 is 1.87 bits per heavy atom. The summed E-state index contributed by atoms with van der Waals surface area (Å²) < 4.78 is 0.864. The zero-order valence-corrected chi connectivity index (χ0v) is 16.5. The van der Waals surface area contributed by atoms with Gasteiger partial charge in [-0.05, 0) is 70.3 Å². The molecule has 0 saturated heterocycles. The molecule has 0 radical (unpaired) electrons. The van der Waals surface area contributed by atoms with Gasteiger partial charge in [-0.3, -0.25) is 0 Å². The van der Waals surface area contributed by atoms with E-state index in [1.165, 1.54) is 11.1 Å². The van der Waals surface area contributed by atoms with Gasteiger partial charge in [0.2, 0.25) is 0 Å². The molecule has 0 fully saturated rings. The maximum atomic E-state index is 6.12. The summed E-state index contributed by atoms with van der Waals surface area (Å²) in [6.45, 7) is 6.49. The number of aryl methyl sites for hydroxylation is 1. The van der Waals surface area contributed by atoms with Crippen LogP contribution in [0.4, 0.5) is 5.69 Å². The van der Waals surface area contributed by atoms with Gasteiger partial charge in [0, 0.05) is 10.2 Å². The van der Waals surface area contributed by atoms with Crippen molar-refractivity contribution in [1.29, 1.82) is 0 Å². The van der Waals surface area contributed by atoms with Crippen molar-refractivity contribution >= 4 is 50.5 Å². The largest absolute Gasteiger partial charge is 0.355 e. The zero-order chi connectivity index (χ0) is 17.0. The maximum Gasteiger partial charge on any atom is 0.171 e. The fourth-order valence-electron chi connectivity index (χ4n) is 2.42. The van der Waals surface area contributed by atoms with Crippen LogP contribution in [0, 0.1) is 12.8 Å². The Morgan fingerprint density at radius 3 is 2.48 bits per heavy atom. The lowest BCUT2D eigenvalue weighted by Crippen LogP contribution is -2.35. The second-order valence-electron chi connectivity index (χ2n) is 5.81. The third-order valence-electron chi connectivity index (χ3n) is 3.65. The zero-order valence-electron chi connectivity index (χ0n) is 13.4. The van der Waals surface area contributed by atoms with Crippen molar-refractivity contribution in [3.05, 3.63) is 63.1 Å². The van der Waals surface area contributed by atoms with Gasteiger partial charge in [0.1, 0.15) is 0 Å². The first-order valence-electron chi connectivity index (χ1n) is 7.46. The smallest absolute Gasteiger partial charge is 0.171 e. The van der Waals surface area contributed by atoms with Crippen molar-refractivity contribution in [3.63, 3.8) is 0 Å². The summed E-state index contributed by atoms with van der Waals surface area (Å²) in [5.74, 6) is 0.407. The van der Waals surface area contributed by atoms with Gasteiger partial charge in [-0.2, -0.15) is 0 Å². The molecule has 0 aliphatic rings. The van der Waals surface area contributed by atoms with E-state index < -0.39 is 0 Å². The molecule has 0 saturated carbocycles. The van der Waals surface area contributed by atoms with E-state index in [-0.39, 0.29) is 6.04 Å². The van der Waals surface area contributed by atoms with Gasteiger partial charge < -0.3 is 10.6 Å². The Hall–Kier alpha value is -1.10. The summed E-state index contributed by atoms with van der Waals surface area (Å²) in [5.41, 5.74) is 3.39. The van der Waals surface area contributed by atoms with Gasteiger partial charge in [0.05, 0.1) is 11.1 Å². The Balaban J connectivity index is 2.12. The highest BCUT2D eigenvalue weighted by atomic mass is 79.9. The lowest BCUT2D eigenvalue weighted by Gasteiger charge is -2.26. The molecule has 0 aromatic heterocycles. The molecule has 122 valence electrons. The summed E-state index contributed by atoms with van der Waals surface area (Å²) in [4.78, 5) is 0. The predicted octanol–water partition coefficient (Wildman–Crippen LogP) is 6.09. The third kappa shape index (κ3) is 4.93. The van der Waals surface area contributed by atoms with Crippen LogP contribution in [0.25, 0.3) is 0 Å². The van der Waals surface area contributed by atoms with Crippen LogP contribution in [0.2, 0.25) is 5.02 Å². The van der Waals surface area contributed by atoms with E-state index in [0.29, 0.717) is 16.1 Å². The van der Waals surface area contributed by atoms with Crippen LogP contribution in [-0.4, -0.2) is 5.11 Å². The van der Waals surface area contributed by atoms with E-state index in [1.807, 2.05) is 18.2 Å². The number of hydrogen-bond acceptors (Lipinski definition) is 1. The van der Waals surface area contributed by atoms with Crippen LogP contribution in [0.1, 0.15) is 31.0 Å². The van der Waals surface area contributed by atoms with Crippen molar-refractivity contribution in [1.82, 2.24) is 5.32 Å². The lowest BCUT2D eigenvalue weighted by atomic mass is 9.93. The molecule has 1 atom stereocenters. The first-order chi connectivity index (χ1) is 10.9. The first-order valence-corrected chi connectivity index (χ1v) is 9.04. The highest BCUT2D eigenvalue weighted by Crippen LogP contribution is 2.27. The number of hydrogen-bond donors (Lipinski definition) is 2. The topological polar surface area (TPSA) is 24.1 Å². The van der Waals surface area contributed by atoms with E-state index in [2.05, 4.69) is 71.6 Å². The molecule has 0 aliphatic carbocycles. The third-order valence-corrected chi connectivity index (χ3v) is 5.11. The Morgan fingerprint density at radius 1 is 1.17 bits per heavy atom. The second kappa shape index (κ2) is 8.13. The molecular formula is C18H20BrClN2S. The molecule has 0 amide bonds. The fourth-order valence-corrected chi connectivity index (χ4v) is 3.09. The van der Waals surface area contributed by atoms with Crippen LogP contribution in [0.5, 0.6) is 0 Å². The van der Waals surface area contributed by atoms with Crippen molar-refractivity contribution < 1.29 is 0 Å². The molecule has 23 heavy (non-hydrogen) atoms. The number of anilines is 1. The van der Waals surface area contributed by atoms with E-state index in [4.69, 9.17) is 23.8 Å². The average molecular weight is 412 g/mol. The number of rotatable bonds is 4. The molecule has 2 nitrogen and oxygen atoms in total. The van der Waals surface area contributed by atoms with Gasteiger partial charge in [0.25, 0.3) is 0 Å². The molecule has 0 bridgehead atoms. The monoisotopic (exact) mass is 410 g/mol. The van der Waals surface area contributed by atoms with Crippen LogP contribution in [0.3, 0.4) is 0 Å². The number of nitrogens with one attached hydrogen (secondary N) is 2. The van der Waals surface area contributed by atoms with Gasteiger partial charge >= 0.3 is 0 Å². The molecule has 0 spiro atoms. The summed E-state index contributed by atoms with van der Waals surface area (Å²) in [6.07, 6.45) is 0. The van der Waals surface area contributed by atoms with Crippen molar-refractivity contribution in [2.24, 2.45) is 5.92 Å². The fraction of sp³-hybridized carbons (Fsp3) is 0.278. The Bertz CT molecular complexity index is 703. The summed E-state index contributed by atoms with van der Waals surface area (Å²) in [5, 5.41) is 7.86. The predicted molar refractivity (Wildman–Crippen MR) is 107 cm³/mol. The number of benzene rings is 2. The van der Waals surface area contributed by atoms with Crippen molar-refractivity contribution in [2.45, 2.75) is 26.8 Å². The summed E-state index contributed by atoms with van der Waals surface area (Å²) in [6, 6.07) is 14.2. The molecule has 2 aromatic carbocycles. The molecule has 0 unspecified atom stereocenters. The van der Waals surface area contributed by atoms with Gasteiger partial charge in [-0.25, -0.2) is 0 Å². The molecular weight excluding hydrogens is 392 g/mol. The second-order valence-corrected chi connectivity index (χ2v) is 7.48. The summed E-state index contributed by atoms with van der Waals surface area (Å²) in [7, 11) is 0. The molecule has 0 aliphatic heterocycles. The molecule has 5 heteroatoms. The summed E-state index contributed by atoms with van der Waals surface area (Å²) >= 11 is 15.0. The Labute approximate surface area is 156 Å². The minimum atomic E-state index is 0.155. The SMILES string of the molecule is Cc1ccccc1[C@@H](NC(=S)Nc1ccc(Br)c(Cl)c1)C(C)C. The minimum Gasteiger partial charge on any atom is -0.355 e.